The van der Waals surface area contributed by atoms with Crippen molar-refractivity contribution >= 4 is 17.6 Å². The van der Waals surface area contributed by atoms with Crippen LogP contribution in [-0.2, 0) is 11.8 Å². The van der Waals surface area contributed by atoms with Gasteiger partial charge in [0.25, 0.3) is 0 Å². The minimum absolute atomic E-state index is 0.00865. The number of tetrazole rings is 1. The van der Waals surface area contributed by atoms with Gasteiger partial charge < -0.3 is 15.5 Å². The van der Waals surface area contributed by atoms with Crippen LogP contribution >= 0.6 is 0 Å². The molecule has 2 aromatic rings. The molecule has 27 heavy (non-hydrogen) atoms. The lowest BCUT2D eigenvalue weighted by Crippen LogP contribution is -2.64. The number of nitrogens with one attached hydrogen (secondary N) is 2. The number of amides is 3. The summed E-state index contributed by atoms with van der Waals surface area (Å²) < 4.78 is 0. The monoisotopic (exact) mass is 370 g/mol. The summed E-state index contributed by atoms with van der Waals surface area (Å²) >= 11 is 0. The van der Waals surface area contributed by atoms with Crippen LogP contribution in [0.4, 0.5) is 10.5 Å². The highest BCUT2D eigenvalue weighted by molar-refractivity contribution is 5.92. The molecule has 2 aliphatic rings. The second-order valence-corrected chi connectivity index (χ2v) is 6.85. The van der Waals surface area contributed by atoms with Gasteiger partial charge in [-0.3, -0.25) is 9.69 Å². The summed E-state index contributed by atoms with van der Waals surface area (Å²) in [5.74, 6) is 0.492. The average Bonchev–Trinajstić information content (AvgIpc) is 3.10. The lowest BCUT2D eigenvalue weighted by atomic mass is 10.1. The third kappa shape index (κ3) is 3.47. The molecule has 2 N–H and O–H groups in total. The Morgan fingerprint density at radius 1 is 1.30 bits per heavy atom. The van der Waals surface area contributed by atoms with E-state index >= 15 is 0 Å². The van der Waals surface area contributed by atoms with Crippen LogP contribution in [-0.4, -0.2) is 80.7 Å². The third-order valence-corrected chi connectivity index (χ3v) is 5.03. The zero-order valence-electron chi connectivity index (χ0n) is 15.3. The van der Waals surface area contributed by atoms with Gasteiger partial charge >= 0.3 is 6.03 Å². The normalized spacial score (nSPS) is 20.1. The molecule has 1 aromatic heterocycles. The van der Waals surface area contributed by atoms with Crippen LogP contribution in [0, 0.1) is 6.92 Å². The number of fused-ring (bicyclic) bond motifs is 1. The van der Waals surface area contributed by atoms with Crippen molar-refractivity contribution in [2.45, 2.75) is 13.0 Å². The summed E-state index contributed by atoms with van der Waals surface area (Å²) in [6.45, 7) is 5.12. The van der Waals surface area contributed by atoms with E-state index in [1.54, 1.807) is 11.9 Å². The first-order valence-electron chi connectivity index (χ1n) is 8.94. The maximum absolute atomic E-state index is 12.8. The van der Waals surface area contributed by atoms with Gasteiger partial charge in [-0.25, -0.2) is 4.79 Å². The van der Waals surface area contributed by atoms with Gasteiger partial charge in [0.15, 0.2) is 0 Å². The predicted molar refractivity (Wildman–Crippen MR) is 97.9 cm³/mol. The summed E-state index contributed by atoms with van der Waals surface area (Å²) in [6.07, 6.45) is 0. The lowest BCUT2D eigenvalue weighted by Gasteiger charge is -2.42. The number of carbonyl (C=O) groups is 2. The molecule has 0 spiro atoms. The summed E-state index contributed by atoms with van der Waals surface area (Å²) in [5.41, 5.74) is 2.41. The van der Waals surface area contributed by atoms with Crippen LogP contribution in [0.15, 0.2) is 18.2 Å². The van der Waals surface area contributed by atoms with Gasteiger partial charge in [-0.15, -0.1) is 10.2 Å². The Hall–Kier alpha value is -3.01. The van der Waals surface area contributed by atoms with Crippen molar-refractivity contribution in [3.63, 3.8) is 0 Å². The maximum Gasteiger partial charge on any atom is 0.321 e. The summed E-state index contributed by atoms with van der Waals surface area (Å²) in [5, 5.41) is 17.9. The van der Waals surface area contributed by atoms with E-state index in [9.17, 15) is 9.59 Å². The number of urea groups is 1. The largest absolute Gasteiger partial charge is 0.353 e. The highest BCUT2D eigenvalue weighted by atomic mass is 16.2. The molecule has 0 bridgehead atoms. The number of aryl methyl sites for hydroxylation is 2. The Morgan fingerprint density at radius 2 is 2.15 bits per heavy atom. The highest BCUT2D eigenvalue weighted by Gasteiger charge is 2.36. The first-order valence-corrected chi connectivity index (χ1v) is 8.94. The fourth-order valence-corrected chi connectivity index (χ4v) is 3.45. The van der Waals surface area contributed by atoms with Crippen LogP contribution in [0.1, 0.15) is 5.56 Å². The summed E-state index contributed by atoms with van der Waals surface area (Å²) in [7, 11) is 1.70. The maximum atomic E-state index is 12.8. The minimum Gasteiger partial charge on any atom is -0.353 e. The first-order chi connectivity index (χ1) is 13.0. The van der Waals surface area contributed by atoms with E-state index in [0.29, 0.717) is 37.7 Å². The van der Waals surface area contributed by atoms with Gasteiger partial charge in [0.05, 0.1) is 7.05 Å². The van der Waals surface area contributed by atoms with Gasteiger partial charge in [0.2, 0.25) is 11.7 Å². The molecule has 3 amide bonds. The van der Waals surface area contributed by atoms with Crippen LogP contribution in [0.5, 0.6) is 0 Å². The fraction of sp³-hybridized carbons (Fsp3) is 0.471. The molecule has 10 heteroatoms. The van der Waals surface area contributed by atoms with Gasteiger partial charge in [-0.1, -0.05) is 12.1 Å². The summed E-state index contributed by atoms with van der Waals surface area (Å²) in [4.78, 5) is 30.1. The number of anilines is 1. The second kappa shape index (κ2) is 6.95. The van der Waals surface area contributed by atoms with Crippen molar-refractivity contribution in [1.82, 2.24) is 35.3 Å². The van der Waals surface area contributed by atoms with E-state index in [1.807, 2.05) is 25.1 Å². The van der Waals surface area contributed by atoms with Crippen LogP contribution < -0.4 is 10.6 Å². The molecule has 10 nitrogen and oxygen atoms in total. The minimum atomic E-state index is -0.269. The van der Waals surface area contributed by atoms with E-state index in [2.05, 4.69) is 30.9 Å². The lowest BCUT2D eigenvalue weighted by molar-refractivity contribution is -0.131. The van der Waals surface area contributed by atoms with Crippen molar-refractivity contribution in [3.8, 4) is 11.4 Å². The van der Waals surface area contributed by atoms with E-state index in [4.69, 9.17) is 0 Å². The average molecular weight is 370 g/mol. The Morgan fingerprint density at radius 3 is 2.93 bits per heavy atom. The van der Waals surface area contributed by atoms with Crippen LogP contribution in [0.2, 0.25) is 0 Å². The van der Waals surface area contributed by atoms with E-state index < -0.39 is 0 Å². The molecule has 1 aromatic carbocycles. The number of nitrogens with zero attached hydrogens (tertiary/aromatic N) is 6. The number of benzene rings is 1. The van der Waals surface area contributed by atoms with E-state index in [-0.39, 0.29) is 18.0 Å². The van der Waals surface area contributed by atoms with Crippen LogP contribution in [0.3, 0.4) is 0 Å². The van der Waals surface area contributed by atoms with Crippen molar-refractivity contribution in [1.29, 1.82) is 0 Å². The Kier molecular flexibility index (Phi) is 4.48. The molecule has 2 fully saturated rings. The molecule has 1 atom stereocenters. The SMILES string of the molecule is Cc1ccc(-c2nnn(C)n2)cc1NC(=O)N1CCN2CCNC(=O)[C@@H]2C1. The standard InChI is InChI=1S/C17H22N8O2/c1-11-3-4-12(15-20-22-23(2)21-15)9-13(11)19-17(27)25-8-7-24-6-5-18-16(26)14(24)10-25/h3-4,9,14H,5-8,10H2,1-2H3,(H,18,26)(H,19,27)/t14-/m0/s1. The van der Waals surface area contributed by atoms with Gasteiger partial charge in [-0.05, 0) is 23.8 Å². The van der Waals surface area contributed by atoms with Gasteiger partial charge in [-0.2, -0.15) is 4.80 Å². The highest BCUT2D eigenvalue weighted by Crippen LogP contribution is 2.23. The summed E-state index contributed by atoms with van der Waals surface area (Å²) in [6, 6.07) is 5.17. The number of rotatable bonds is 2. The Balaban J connectivity index is 1.48. The van der Waals surface area contributed by atoms with Crippen molar-refractivity contribution < 1.29 is 9.59 Å². The van der Waals surface area contributed by atoms with Crippen LogP contribution in [0.25, 0.3) is 11.4 Å². The quantitative estimate of drug-likeness (QED) is 0.760. The number of piperazine rings is 2. The number of hydrogen-bond donors (Lipinski definition) is 2. The fourth-order valence-electron chi connectivity index (χ4n) is 3.45. The molecule has 3 heterocycles. The van der Waals surface area contributed by atoms with Crippen molar-refractivity contribution in [2.24, 2.45) is 7.05 Å². The molecule has 142 valence electrons. The molecular weight excluding hydrogens is 348 g/mol. The Labute approximate surface area is 156 Å². The molecule has 0 radical (unpaired) electrons. The molecule has 2 aliphatic heterocycles. The van der Waals surface area contributed by atoms with Crippen molar-refractivity contribution in [2.75, 3.05) is 38.0 Å². The number of carbonyl (C=O) groups excluding carboxylic acids is 2. The molecule has 0 saturated carbocycles. The molecule has 0 aliphatic carbocycles. The second-order valence-electron chi connectivity index (χ2n) is 6.85. The predicted octanol–water partition coefficient (Wildman–Crippen LogP) is -0.167. The molecular formula is C17H22N8O2. The first kappa shape index (κ1) is 17.4. The third-order valence-electron chi connectivity index (χ3n) is 5.03. The number of aromatic nitrogens is 4. The molecule has 2 saturated heterocycles. The number of hydrogen-bond acceptors (Lipinski definition) is 6. The topological polar surface area (TPSA) is 108 Å². The zero-order chi connectivity index (χ0) is 19.0. The van der Waals surface area contributed by atoms with E-state index in [0.717, 1.165) is 17.7 Å². The van der Waals surface area contributed by atoms with Crippen molar-refractivity contribution in [3.05, 3.63) is 23.8 Å². The van der Waals surface area contributed by atoms with E-state index in [1.165, 1.54) is 4.80 Å². The smallest absolute Gasteiger partial charge is 0.321 e. The molecule has 0 unspecified atom stereocenters. The molecule has 4 rings (SSSR count). The van der Waals surface area contributed by atoms with Gasteiger partial charge in [0, 0.05) is 44.0 Å². The Bertz CT molecular complexity index is 880. The van der Waals surface area contributed by atoms with Gasteiger partial charge in [0.1, 0.15) is 6.04 Å². The zero-order valence-corrected chi connectivity index (χ0v) is 15.3.